The minimum Gasteiger partial charge on any atom is -0.452 e. The molecule has 1 aromatic rings. The molecule has 0 fully saturated rings. The third kappa shape index (κ3) is 5.14. The number of carbonyl (C=O) groups is 2. The number of amides is 1. The van der Waals surface area contributed by atoms with Crippen molar-refractivity contribution in [3.05, 3.63) is 29.8 Å². The second kappa shape index (κ2) is 8.53. The van der Waals surface area contributed by atoms with E-state index in [2.05, 4.69) is 5.32 Å². The Balaban J connectivity index is 2.73. The molecular formula is C15H21NO5S. The first-order valence-electron chi connectivity index (χ1n) is 7.18. The minimum atomic E-state index is -3.53. The molecule has 0 saturated heterocycles. The van der Waals surface area contributed by atoms with Crippen LogP contribution in [0.1, 0.15) is 37.0 Å². The lowest BCUT2D eigenvalue weighted by Crippen LogP contribution is -2.29. The van der Waals surface area contributed by atoms with Crippen LogP contribution in [0, 0.1) is 0 Å². The Morgan fingerprint density at radius 3 is 2.50 bits per heavy atom. The fourth-order valence-corrected chi connectivity index (χ4v) is 2.81. The van der Waals surface area contributed by atoms with E-state index in [1.165, 1.54) is 25.1 Å². The quantitative estimate of drug-likeness (QED) is 0.578. The number of unbranched alkanes of at least 4 members (excludes halogenated alkanes) is 1. The second-order valence-electron chi connectivity index (χ2n) is 4.68. The molecule has 0 bridgehead atoms. The number of rotatable bonds is 8. The van der Waals surface area contributed by atoms with Crippen molar-refractivity contribution in [2.45, 2.75) is 31.6 Å². The van der Waals surface area contributed by atoms with Crippen molar-refractivity contribution in [3.8, 4) is 0 Å². The fourth-order valence-electron chi connectivity index (χ4n) is 1.73. The highest BCUT2D eigenvalue weighted by atomic mass is 32.2. The van der Waals surface area contributed by atoms with Crippen molar-refractivity contribution in [1.82, 2.24) is 5.32 Å². The maximum absolute atomic E-state index is 12.0. The molecule has 7 heteroatoms. The molecule has 0 aliphatic carbocycles. The van der Waals surface area contributed by atoms with Gasteiger partial charge in [-0.2, -0.15) is 0 Å². The highest BCUT2D eigenvalue weighted by Crippen LogP contribution is 2.17. The smallest absolute Gasteiger partial charge is 0.339 e. The standard InChI is InChI=1S/C15H21NO5S/c1-3-5-10-16-14(17)11-21-15(18)12-8-6-7-9-13(12)22(19,20)4-2/h6-9H,3-5,10-11H2,1-2H3,(H,16,17). The second-order valence-corrected chi connectivity index (χ2v) is 6.93. The third-order valence-electron chi connectivity index (χ3n) is 3.01. The Morgan fingerprint density at radius 1 is 1.18 bits per heavy atom. The topological polar surface area (TPSA) is 89.5 Å². The Morgan fingerprint density at radius 2 is 1.86 bits per heavy atom. The summed E-state index contributed by atoms with van der Waals surface area (Å²) in [6, 6.07) is 5.82. The van der Waals surface area contributed by atoms with Gasteiger partial charge in [0.2, 0.25) is 0 Å². The summed E-state index contributed by atoms with van der Waals surface area (Å²) >= 11 is 0. The van der Waals surface area contributed by atoms with E-state index in [9.17, 15) is 18.0 Å². The van der Waals surface area contributed by atoms with E-state index >= 15 is 0 Å². The SMILES string of the molecule is CCCCNC(=O)COC(=O)c1ccccc1S(=O)(=O)CC. The van der Waals surface area contributed by atoms with Gasteiger partial charge in [0.1, 0.15) is 0 Å². The Kier molecular flexibility index (Phi) is 7.04. The number of esters is 1. The van der Waals surface area contributed by atoms with E-state index in [1.54, 1.807) is 6.07 Å². The zero-order valence-electron chi connectivity index (χ0n) is 12.8. The molecule has 1 amide bonds. The number of hydrogen-bond donors (Lipinski definition) is 1. The molecule has 0 aliphatic heterocycles. The van der Waals surface area contributed by atoms with Crippen molar-refractivity contribution >= 4 is 21.7 Å². The van der Waals surface area contributed by atoms with Gasteiger partial charge in [-0.1, -0.05) is 32.4 Å². The summed E-state index contributed by atoms with van der Waals surface area (Å²) < 4.78 is 28.8. The van der Waals surface area contributed by atoms with Crippen LogP contribution in [0.2, 0.25) is 0 Å². The van der Waals surface area contributed by atoms with Gasteiger partial charge in [0.15, 0.2) is 16.4 Å². The number of carbonyl (C=O) groups excluding carboxylic acids is 2. The Bertz CT molecular complexity index is 625. The molecule has 0 heterocycles. The summed E-state index contributed by atoms with van der Waals surface area (Å²) in [5, 5.41) is 2.61. The van der Waals surface area contributed by atoms with Crippen LogP contribution in [0.25, 0.3) is 0 Å². The van der Waals surface area contributed by atoms with Crippen LogP contribution in [0.3, 0.4) is 0 Å². The molecule has 0 saturated carbocycles. The highest BCUT2D eigenvalue weighted by molar-refractivity contribution is 7.91. The lowest BCUT2D eigenvalue weighted by Gasteiger charge is -2.09. The number of hydrogen-bond acceptors (Lipinski definition) is 5. The molecule has 0 unspecified atom stereocenters. The predicted octanol–water partition coefficient (Wildman–Crippen LogP) is 1.55. The summed E-state index contributed by atoms with van der Waals surface area (Å²) in [6.45, 7) is 3.59. The van der Waals surface area contributed by atoms with Gasteiger partial charge in [0, 0.05) is 6.54 Å². The van der Waals surface area contributed by atoms with Gasteiger partial charge in [-0.25, -0.2) is 13.2 Å². The Hall–Kier alpha value is -1.89. The molecular weight excluding hydrogens is 306 g/mol. The first-order chi connectivity index (χ1) is 10.4. The summed E-state index contributed by atoms with van der Waals surface area (Å²) in [6.07, 6.45) is 1.79. The van der Waals surface area contributed by atoms with Gasteiger partial charge >= 0.3 is 5.97 Å². The van der Waals surface area contributed by atoms with Crippen molar-refractivity contribution in [1.29, 1.82) is 0 Å². The average molecular weight is 327 g/mol. The number of benzene rings is 1. The van der Waals surface area contributed by atoms with E-state index in [1.807, 2.05) is 6.92 Å². The van der Waals surface area contributed by atoms with Gasteiger partial charge in [0.05, 0.1) is 16.2 Å². The summed E-state index contributed by atoms with van der Waals surface area (Å²) in [5.41, 5.74) is -0.0503. The van der Waals surface area contributed by atoms with E-state index in [4.69, 9.17) is 4.74 Å². The van der Waals surface area contributed by atoms with Gasteiger partial charge in [0.25, 0.3) is 5.91 Å². The van der Waals surface area contributed by atoms with Crippen LogP contribution >= 0.6 is 0 Å². The van der Waals surface area contributed by atoms with Crippen LogP contribution in [0.5, 0.6) is 0 Å². The van der Waals surface area contributed by atoms with Gasteiger partial charge in [-0.3, -0.25) is 4.79 Å². The average Bonchev–Trinajstić information content (AvgIpc) is 2.52. The molecule has 0 radical (unpaired) electrons. The van der Waals surface area contributed by atoms with E-state index in [0.717, 1.165) is 12.8 Å². The maximum Gasteiger partial charge on any atom is 0.339 e. The van der Waals surface area contributed by atoms with E-state index < -0.39 is 28.3 Å². The first-order valence-corrected chi connectivity index (χ1v) is 8.83. The zero-order chi connectivity index (χ0) is 16.6. The lowest BCUT2D eigenvalue weighted by atomic mass is 10.2. The van der Waals surface area contributed by atoms with Gasteiger partial charge < -0.3 is 10.1 Å². The van der Waals surface area contributed by atoms with Crippen molar-refractivity contribution in [3.63, 3.8) is 0 Å². The first kappa shape index (κ1) is 18.2. The lowest BCUT2D eigenvalue weighted by molar-refractivity contribution is -0.124. The molecule has 6 nitrogen and oxygen atoms in total. The molecule has 122 valence electrons. The maximum atomic E-state index is 12.0. The van der Waals surface area contributed by atoms with Crippen molar-refractivity contribution < 1.29 is 22.7 Å². The monoisotopic (exact) mass is 327 g/mol. The molecule has 0 atom stereocenters. The van der Waals surface area contributed by atoms with E-state index in [-0.39, 0.29) is 16.2 Å². The van der Waals surface area contributed by atoms with Gasteiger partial charge in [-0.15, -0.1) is 0 Å². The molecule has 1 aromatic carbocycles. The number of nitrogens with one attached hydrogen (secondary N) is 1. The minimum absolute atomic E-state index is 0.0503. The zero-order valence-corrected chi connectivity index (χ0v) is 13.6. The van der Waals surface area contributed by atoms with Crippen LogP contribution in [0.4, 0.5) is 0 Å². The number of ether oxygens (including phenoxy) is 1. The van der Waals surface area contributed by atoms with E-state index in [0.29, 0.717) is 6.54 Å². The van der Waals surface area contributed by atoms with Gasteiger partial charge in [-0.05, 0) is 18.6 Å². The third-order valence-corrected chi connectivity index (χ3v) is 4.80. The molecule has 22 heavy (non-hydrogen) atoms. The molecule has 0 aromatic heterocycles. The molecule has 1 N–H and O–H groups in total. The number of sulfone groups is 1. The highest BCUT2D eigenvalue weighted by Gasteiger charge is 2.21. The van der Waals surface area contributed by atoms with Crippen LogP contribution < -0.4 is 5.32 Å². The summed E-state index contributed by atoms with van der Waals surface area (Å²) in [7, 11) is -3.53. The largest absolute Gasteiger partial charge is 0.452 e. The van der Waals surface area contributed by atoms with Crippen molar-refractivity contribution in [2.75, 3.05) is 18.9 Å². The van der Waals surface area contributed by atoms with Crippen LogP contribution in [-0.2, 0) is 19.4 Å². The summed E-state index contributed by atoms with van der Waals surface area (Å²) in [5.74, 6) is -1.34. The Labute approximate surface area is 130 Å². The molecule has 1 rings (SSSR count). The predicted molar refractivity (Wildman–Crippen MR) is 82.4 cm³/mol. The molecule has 0 aliphatic rings. The normalized spacial score (nSPS) is 11.0. The van der Waals surface area contributed by atoms with Crippen molar-refractivity contribution in [2.24, 2.45) is 0 Å². The van der Waals surface area contributed by atoms with Crippen LogP contribution in [0.15, 0.2) is 29.2 Å². The van der Waals surface area contributed by atoms with Crippen LogP contribution in [-0.4, -0.2) is 39.2 Å². The molecule has 0 spiro atoms. The fraction of sp³-hybridized carbons (Fsp3) is 0.467. The summed E-state index contributed by atoms with van der Waals surface area (Å²) in [4.78, 5) is 23.4.